The van der Waals surface area contributed by atoms with Gasteiger partial charge in [-0.05, 0) is 13.8 Å². The first-order valence-corrected chi connectivity index (χ1v) is 3.96. The van der Waals surface area contributed by atoms with Gasteiger partial charge in [-0.2, -0.15) is 4.39 Å². The maximum Gasteiger partial charge on any atom is 0.331 e. The fourth-order valence-corrected chi connectivity index (χ4v) is 1.11. The lowest BCUT2D eigenvalue weighted by Crippen LogP contribution is -2.41. The highest BCUT2D eigenvalue weighted by molar-refractivity contribution is 5.02. The lowest BCUT2D eigenvalue weighted by Gasteiger charge is -2.07. The quantitative estimate of drug-likeness (QED) is 0.620. The van der Waals surface area contributed by atoms with Gasteiger partial charge in [0.15, 0.2) is 0 Å². The zero-order valence-electron chi connectivity index (χ0n) is 7.80. The van der Waals surface area contributed by atoms with Crippen LogP contribution in [0.1, 0.15) is 12.6 Å². The molecule has 0 unspecified atom stereocenters. The van der Waals surface area contributed by atoms with Crippen molar-refractivity contribution in [1.82, 2.24) is 9.13 Å². The summed E-state index contributed by atoms with van der Waals surface area (Å²) in [6.45, 7) is 3.21. The van der Waals surface area contributed by atoms with Gasteiger partial charge < -0.3 is 0 Å². The number of nitrogens with zero attached hydrogens (tertiary/aromatic N) is 2. The Kier molecular flexibility index (Phi) is 2.36. The zero-order valence-corrected chi connectivity index (χ0v) is 7.80. The molecular weight excluding hydrogens is 175 g/mol. The molecule has 0 atom stereocenters. The van der Waals surface area contributed by atoms with E-state index in [4.69, 9.17) is 0 Å². The van der Waals surface area contributed by atoms with Crippen LogP contribution in [0.3, 0.4) is 0 Å². The van der Waals surface area contributed by atoms with E-state index >= 15 is 0 Å². The highest BCUT2D eigenvalue weighted by Crippen LogP contribution is 1.94. The molecule has 1 aromatic heterocycles. The van der Waals surface area contributed by atoms with E-state index < -0.39 is 17.1 Å². The molecule has 0 bridgehead atoms. The van der Waals surface area contributed by atoms with Gasteiger partial charge in [-0.15, -0.1) is 0 Å². The van der Waals surface area contributed by atoms with Crippen molar-refractivity contribution in [3.8, 4) is 0 Å². The molecule has 1 aromatic rings. The van der Waals surface area contributed by atoms with Gasteiger partial charge >= 0.3 is 5.69 Å². The molecule has 72 valence electrons. The van der Waals surface area contributed by atoms with E-state index in [1.807, 2.05) is 0 Å². The van der Waals surface area contributed by atoms with Gasteiger partial charge in [0.1, 0.15) is 0 Å². The fraction of sp³-hybridized carbons (Fsp3) is 0.500. The smallest absolute Gasteiger partial charge is 0.298 e. The molecule has 0 aliphatic rings. The second-order valence-electron chi connectivity index (χ2n) is 2.79. The number of halogens is 1. The molecule has 0 saturated carbocycles. The first-order chi connectivity index (χ1) is 6.00. The normalized spacial score (nSPS) is 10.5. The first-order valence-electron chi connectivity index (χ1n) is 3.96. The van der Waals surface area contributed by atoms with Crippen LogP contribution in [-0.2, 0) is 13.6 Å². The van der Waals surface area contributed by atoms with Crippen LogP contribution in [0, 0.1) is 12.7 Å². The van der Waals surface area contributed by atoms with Gasteiger partial charge in [0, 0.05) is 13.6 Å². The van der Waals surface area contributed by atoms with Gasteiger partial charge in [-0.3, -0.25) is 13.9 Å². The Morgan fingerprint density at radius 3 is 2.38 bits per heavy atom. The summed E-state index contributed by atoms with van der Waals surface area (Å²) in [7, 11) is 1.44. The van der Waals surface area contributed by atoms with Crippen molar-refractivity contribution >= 4 is 0 Å². The van der Waals surface area contributed by atoms with Crippen LogP contribution in [0.2, 0.25) is 0 Å². The molecule has 5 heteroatoms. The zero-order chi connectivity index (χ0) is 10.2. The topological polar surface area (TPSA) is 44.0 Å². The lowest BCUT2D eigenvalue weighted by molar-refractivity contribution is 0.508. The lowest BCUT2D eigenvalue weighted by atomic mass is 10.4. The van der Waals surface area contributed by atoms with Gasteiger partial charge in [-0.1, -0.05) is 0 Å². The van der Waals surface area contributed by atoms with Crippen molar-refractivity contribution in [3.05, 3.63) is 32.3 Å². The van der Waals surface area contributed by atoms with E-state index in [9.17, 15) is 14.0 Å². The van der Waals surface area contributed by atoms with Gasteiger partial charge in [0.25, 0.3) is 5.56 Å². The average Bonchev–Trinajstić information content (AvgIpc) is 2.13. The maximum absolute atomic E-state index is 13.1. The van der Waals surface area contributed by atoms with Crippen molar-refractivity contribution in [3.63, 3.8) is 0 Å². The van der Waals surface area contributed by atoms with Crippen LogP contribution < -0.4 is 11.2 Å². The van der Waals surface area contributed by atoms with E-state index in [0.29, 0.717) is 0 Å². The summed E-state index contributed by atoms with van der Waals surface area (Å²) in [5, 5.41) is 0. The fourth-order valence-electron chi connectivity index (χ4n) is 1.11. The third kappa shape index (κ3) is 1.30. The molecule has 4 nitrogen and oxygen atoms in total. The van der Waals surface area contributed by atoms with Crippen molar-refractivity contribution in [1.29, 1.82) is 0 Å². The van der Waals surface area contributed by atoms with Crippen molar-refractivity contribution in [2.24, 2.45) is 7.05 Å². The number of aromatic nitrogens is 2. The minimum atomic E-state index is -0.857. The molecule has 0 aliphatic heterocycles. The van der Waals surface area contributed by atoms with Crippen molar-refractivity contribution in [2.45, 2.75) is 20.4 Å². The van der Waals surface area contributed by atoms with E-state index in [0.717, 1.165) is 9.13 Å². The number of rotatable bonds is 1. The number of hydrogen-bond donors (Lipinski definition) is 0. The molecule has 0 spiro atoms. The molecule has 1 rings (SSSR count). The third-order valence-corrected chi connectivity index (χ3v) is 2.09. The number of hydrogen-bond acceptors (Lipinski definition) is 2. The Labute approximate surface area is 74.2 Å². The van der Waals surface area contributed by atoms with E-state index in [-0.39, 0.29) is 12.2 Å². The Morgan fingerprint density at radius 2 is 1.92 bits per heavy atom. The standard InChI is InChI=1S/C8H11FN2O2/c1-4-11-7(12)6(9)5(2)10(3)8(11)13/h4H2,1-3H3. The monoisotopic (exact) mass is 186 g/mol. The SMILES string of the molecule is CCn1c(=O)c(F)c(C)n(C)c1=O. The summed E-state index contributed by atoms with van der Waals surface area (Å²) in [5.41, 5.74) is -1.26. The Balaban J connectivity index is 3.78. The second kappa shape index (κ2) is 3.16. The third-order valence-electron chi connectivity index (χ3n) is 2.09. The molecule has 0 N–H and O–H groups in total. The predicted octanol–water partition coefficient (Wildman–Crippen LogP) is 0.0144. The minimum Gasteiger partial charge on any atom is -0.298 e. The Bertz CT molecular complexity index is 407. The summed E-state index contributed by atoms with van der Waals surface area (Å²) >= 11 is 0. The second-order valence-corrected chi connectivity index (χ2v) is 2.79. The molecule has 0 amide bonds. The molecule has 13 heavy (non-hydrogen) atoms. The van der Waals surface area contributed by atoms with E-state index in [1.54, 1.807) is 6.92 Å². The van der Waals surface area contributed by atoms with Crippen molar-refractivity contribution < 1.29 is 4.39 Å². The van der Waals surface area contributed by atoms with Crippen LogP contribution in [0.4, 0.5) is 4.39 Å². The van der Waals surface area contributed by atoms with Crippen LogP contribution >= 0.6 is 0 Å². The van der Waals surface area contributed by atoms with Crippen molar-refractivity contribution in [2.75, 3.05) is 0 Å². The molecule has 0 saturated heterocycles. The molecule has 0 fully saturated rings. The first kappa shape index (κ1) is 9.70. The molecule has 1 heterocycles. The van der Waals surface area contributed by atoms with Gasteiger partial charge in [-0.25, -0.2) is 4.79 Å². The van der Waals surface area contributed by atoms with Crippen LogP contribution in [0.15, 0.2) is 9.59 Å². The van der Waals surface area contributed by atoms with Crippen LogP contribution in [0.25, 0.3) is 0 Å². The predicted molar refractivity (Wildman–Crippen MR) is 46.3 cm³/mol. The van der Waals surface area contributed by atoms with Gasteiger partial charge in [0.2, 0.25) is 5.82 Å². The van der Waals surface area contributed by atoms with Crippen LogP contribution in [-0.4, -0.2) is 9.13 Å². The summed E-state index contributed by atoms with van der Waals surface area (Å²) < 4.78 is 15.1. The summed E-state index contributed by atoms with van der Waals surface area (Å²) in [6, 6.07) is 0. The van der Waals surface area contributed by atoms with E-state index in [1.165, 1.54) is 14.0 Å². The summed E-state index contributed by atoms with van der Waals surface area (Å²) in [6.07, 6.45) is 0. The molecule has 0 aliphatic carbocycles. The Hall–Kier alpha value is -1.39. The van der Waals surface area contributed by atoms with E-state index in [2.05, 4.69) is 0 Å². The average molecular weight is 186 g/mol. The summed E-state index contributed by atoms with van der Waals surface area (Å²) in [5.74, 6) is -0.857. The molecule has 0 aromatic carbocycles. The highest BCUT2D eigenvalue weighted by atomic mass is 19.1. The molecular formula is C8H11FN2O2. The molecule has 0 radical (unpaired) electrons. The summed E-state index contributed by atoms with van der Waals surface area (Å²) in [4.78, 5) is 22.5. The highest BCUT2D eigenvalue weighted by Gasteiger charge is 2.11. The largest absolute Gasteiger partial charge is 0.331 e. The van der Waals surface area contributed by atoms with Crippen LogP contribution in [0.5, 0.6) is 0 Å². The maximum atomic E-state index is 13.1. The Morgan fingerprint density at radius 1 is 1.38 bits per heavy atom. The van der Waals surface area contributed by atoms with Gasteiger partial charge in [0.05, 0.1) is 5.69 Å². The minimum absolute atomic E-state index is 0.0692.